The van der Waals surface area contributed by atoms with Gasteiger partial charge in [0.25, 0.3) is 0 Å². The van der Waals surface area contributed by atoms with Crippen LogP contribution in [-0.2, 0) is 19.3 Å². The number of benzene rings is 2. The van der Waals surface area contributed by atoms with E-state index in [0.717, 1.165) is 32.0 Å². The van der Waals surface area contributed by atoms with Gasteiger partial charge >= 0.3 is 18.0 Å². The van der Waals surface area contributed by atoms with Gasteiger partial charge in [0.05, 0.1) is 30.0 Å². The summed E-state index contributed by atoms with van der Waals surface area (Å²) in [6.45, 7) is -0.230. The smallest absolute Gasteiger partial charge is 0.385 e. The molecule has 2 atom stereocenters. The second-order valence-corrected chi connectivity index (χ2v) is 9.06. The fourth-order valence-corrected chi connectivity index (χ4v) is 3.89. The summed E-state index contributed by atoms with van der Waals surface area (Å²) in [5.41, 5.74) is -1.68. The van der Waals surface area contributed by atoms with E-state index < -0.39 is 48.9 Å². The highest BCUT2D eigenvalue weighted by atomic mass is 35.5. The van der Waals surface area contributed by atoms with Crippen LogP contribution in [0.3, 0.4) is 0 Å². The minimum atomic E-state index is -5.01. The molecule has 0 saturated carbocycles. The number of halogens is 7. The molecular formula is C24H20ClF6N5O3. The van der Waals surface area contributed by atoms with Crippen molar-refractivity contribution in [1.29, 1.82) is 0 Å². The minimum absolute atomic E-state index is 0.0147. The Morgan fingerprint density at radius 2 is 1.69 bits per heavy atom. The molecule has 0 fully saturated rings. The van der Waals surface area contributed by atoms with Gasteiger partial charge in [0, 0.05) is 11.2 Å². The fraction of sp³-hybridized carbons (Fsp3) is 0.292. The third kappa shape index (κ3) is 6.18. The van der Waals surface area contributed by atoms with Crippen LogP contribution in [0.5, 0.6) is 0 Å². The van der Waals surface area contributed by atoms with E-state index in [9.17, 15) is 41.4 Å². The number of imidazole rings is 1. The van der Waals surface area contributed by atoms with Crippen molar-refractivity contribution in [2.45, 2.75) is 44.6 Å². The molecule has 0 bridgehead atoms. The highest BCUT2D eigenvalue weighted by Gasteiger charge is 2.39. The molecule has 39 heavy (non-hydrogen) atoms. The SMILES string of the molecule is C[C@H](O)c1nc(Cn2cc(-c3ccc(Cl)cc3)n(CC(O)C(F)(F)F)c2=O)n(-c2cccc(C(F)(F)F)c2)n1. The van der Waals surface area contributed by atoms with Crippen LogP contribution in [0.2, 0.25) is 5.02 Å². The first-order valence-corrected chi connectivity index (χ1v) is 11.6. The molecule has 0 amide bonds. The molecule has 2 heterocycles. The van der Waals surface area contributed by atoms with Crippen LogP contribution in [-0.4, -0.2) is 46.4 Å². The fourth-order valence-electron chi connectivity index (χ4n) is 3.76. The van der Waals surface area contributed by atoms with Gasteiger partial charge in [0.1, 0.15) is 6.10 Å². The maximum atomic E-state index is 13.3. The Bertz CT molecular complexity index is 1520. The summed E-state index contributed by atoms with van der Waals surface area (Å²) in [6, 6.07) is 9.97. The molecule has 8 nitrogen and oxygen atoms in total. The summed E-state index contributed by atoms with van der Waals surface area (Å²) in [4.78, 5) is 17.4. The Morgan fingerprint density at radius 1 is 1.03 bits per heavy atom. The largest absolute Gasteiger partial charge is 0.416 e. The molecule has 0 saturated heterocycles. The third-order valence-corrected chi connectivity index (χ3v) is 5.96. The normalized spacial score (nSPS) is 14.0. The van der Waals surface area contributed by atoms with Crippen LogP contribution in [0.1, 0.15) is 30.2 Å². The van der Waals surface area contributed by atoms with E-state index in [1.165, 1.54) is 43.5 Å². The molecule has 2 N–H and O–H groups in total. The molecule has 0 aliphatic rings. The van der Waals surface area contributed by atoms with Crippen LogP contribution < -0.4 is 5.69 Å². The van der Waals surface area contributed by atoms with Crippen molar-refractivity contribution in [2.75, 3.05) is 0 Å². The molecule has 4 rings (SSSR count). The standard InChI is InChI=1S/C24H20ClF6N5O3/c1-13(37)21-32-20(36(33-21)17-4-2-3-15(9-17)23(26,27)28)12-34-10-18(14-5-7-16(25)8-6-14)35(22(34)39)11-19(38)24(29,30)31/h2-10,13,19,37-38H,11-12H2,1H3/t13-,19?/m0/s1. The van der Waals surface area contributed by atoms with Gasteiger partial charge in [-0.2, -0.15) is 26.3 Å². The number of aromatic nitrogens is 5. The Kier molecular flexibility index (Phi) is 7.65. The molecule has 4 aromatic rings. The summed E-state index contributed by atoms with van der Waals surface area (Å²) in [7, 11) is 0. The van der Waals surface area contributed by atoms with E-state index in [2.05, 4.69) is 10.1 Å². The highest BCUT2D eigenvalue weighted by Crippen LogP contribution is 2.31. The van der Waals surface area contributed by atoms with Crippen molar-refractivity contribution in [1.82, 2.24) is 23.9 Å². The average molecular weight is 576 g/mol. The maximum Gasteiger partial charge on any atom is 0.416 e. The maximum absolute atomic E-state index is 13.3. The Balaban J connectivity index is 1.83. The van der Waals surface area contributed by atoms with Crippen LogP contribution >= 0.6 is 11.6 Å². The summed E-state index contributed by atoms with van der Waals surface area (Å²) < 4.78 is 82.0. The number of aliphatic hydroxyl groups is 2. The van der Waals surface area contributed by atoms with E-state index in [0.29, 0.717) is 10.6 Å². The summed E-state index contributed by atoms with van der Waals surface area (Å²) >= 11 is 5.90. The summed E-state index contributed by atoms with van der Waals surface area (Å²) in [6.07, 6.45) is -12.5. The number of aliphatic hydroxyl groups excluding tert-OH is 2. The lowest BCUT2D eigenvalue weighted by Gasteiger charge is -2.16. The van der Waals surface area contributed by atoms with E-state index in [4.69, 9.17) is 11.6 Å². The molecule has 15 heteroatoms. The quantitative estimate of drug-likeness (QED) is 0.314. The molecule has 2 aromatic heterocycles. The number of nitrogens with zero attached hydrogens (tertiary/aromatic N) is 5. The Morgan fingerprint density at radius 3 is 2.28 bits per heavy atom. The van der Waals surface area contributed by atoms with Crippen molar-refractivity contribution < 1.29 is 36.6 Å². The van der Waals surface area contributed by atoms with E-state index in [-0.39, 0.29) is 23.0 Å². The minimum Gasteiger partial charge on any atom is -0.385 e. The second kappa shape index (κ2) is 10.5. The van der Waals surface area contributed by atoms with Gasteiger partial charge in [0.2, 0.25) is 0 Å². The third-order valence-electron chi connectivity index (χ3n) is 5.71. The van der Waals surface area contributed by atoms with Crippen molar-refractivity contribution in [3.63, 3.8) is 0 Å². The summed E-state index contributed by atoms with van der Waals surface area (Å²) in [5, 5.41) is 24.0. The Labute approximate surface area is 221 Å². The van der Waals surface area contributed by atoms with Gasteiger partial charge in [0.15, 0.2) is 17.8 Å². The molecule has 208 valence electrons. The van der Waals surface area contributed by atoms with Gasteiger partial charge in [-0.05, 0) is 42.8 Å². The zero-order valence-corrected chi connectivity index (χ0v) is 20.7. The molecule has 0 aliphatic carbocycles. The number of hydrogen-bond donors (Lipinski definition) is 2. The molecule has 0 aliphatic heterocycles. The van der Waals surface area contributed by atoms with Gasteiger partial charge in [-0.3, -0.25) is 9.13 Å². The Hall–Kier alpha value is -3.62. The van der Waals surface area contributed by atoms with E-state index >= 15 is 0 Å². The van der Waals surface area contributed by atoms with Crippen LogP contribution in [0, 0.1) is 0 Å². The predicted octanol–water partition coefficient (Wildman–Crippen LogP) is 4.59. The van der Waals surface area contributed by atoms with Crippen LogP contribution in [0.15, 0.2) is 59.5 Å². The molecule has 1 unspecified atom stereocenters. The average Bonchev–Trinajstić information content (AvgIpc) is 3.41. The van der Waals surface area contributed by atoms with Gasteiger partial charge < -0.3 is 10.2 Å². The first kappa shape index (κ1) is 28.4. The first-order chi connectivity index (χ1) is 18.1. The van der Waals surface area contributed by atoms with Crippen molar-refractivity contribution >= 4 is 11.6 Å². The van der Waals surface area contributed by atoms with Crippen molar-refractivity contribution in [3.05, 3.63) is 87.4 Å². The lowest BCUT2D eigenvalue weighted by Crippen LogP contribution is -2.37. The first-order valence-electron chi connectivity index (χ1n) is 11.3. The highest BCUT2D eigenvalue weighted by molar-refractivity contribution is 6.30. The van der Waals surface area contributed by atoms with Crippen molar-refractivity contribution in [2.24, 2.45) is 0 Å². The van der Waals surface area contributed by atoms with E-state index in [1.54, 1.807) is 0 Å². The van der Waals surface area contributed by atoms with Crippen LogP contribution in [0.4, 0.5) is 26.3 Å². The van der Waals surface area contributed by atoms with Gasteiger partial charge in [-0.15, -0.1) is 5.10 Å². The zero-order valence-electron chi connectivity index (χ0n) is 19.9. The van der Waals surface area contributed by atoms with Crippen molar-refractivity contribution in [3.8, 4) is 16.9 Å². The second-order valence-electron chi connectivity index (χ2n) is 8.62. The summed E-state index contributed by atoms with van der Waals surface area (Å²) in [5.74, 6) is -0.233. The van der Waals surface area contributed by atoms with E-state index in [1.807, 2.05) is 0 Å². The monoisotopic (exact) mass is 575 g/mol. The molecule has 2 aromatic carbocycles. The van der Waals surface area contributed by atoms with Gasteiger partial charge in [-0.1, -0.05) is 29.8 Å². The van der Waals surface area contributed by atoms with Gasteiger partial charge in [-0.25, -0.2) is 14.5 Å². The number of rotatable bonds is 7. The molecule has 0 radical (unpaired) electrons. The number of hydrogen-bond acceptors (Lipinski definition) is 5. The molecular weight excluding hydrogens is 556 g/mol. The van der Waals surface area contributed by atoms with Crippen LogP contribution in [0.25, 0.3) is 16.9 Å². The lowest BCUT2D eigenvalue weighted by atomic mass is 10.1. The topological polar surface area (TPSA) is 98.1 Å². The molecule has 0 spiro atoms. The predicted molar refractivity (Wildman–Crippen MR) is 127 cm³/mol. The lowest BCUT2D eigenvalue weighted by molar-refractivity contribution is -0.207. The number of alkyl halides is 6. The zero-order chi connectivity index (χ0) is 28.7.